The zero-order valence-corrected chi connectivity index (χ0v) is 18.9. The van der Waals surface area contributed by atoms with E-state index in [9.17, 15) is 22.4 Å². The molecule has 34 heavy (non-hydrogen) atoms. The average molecular weight is 519 g/mol. The molecule has 4 nitrogen and oxygen atoms in total. The predicted molar refractivity (Wildman–Crippen MR) is 117 cm³/mol. The molecule has 2 aromatic carbocycles. The largest absolute Gasteiger partial charge is 0.428 e. The van der Waals surface area contributed by atoms with E-state index < -0.39 is 38.9 Å². The van der Waals surface area contributed by atoms with Crippen LogP contribution in [0.3, 0.4) is 0 Å². The molecule has 2 aliphatic rings. The minimum absolute atomic E-state index is 0.0373. The van der Waals surface area contributed by atoms with Gasteiger partial charge in [0.2, 0.25) is 11.5 Å². The second kappa shape index (κ2) is 8.55. The normalized spacial score (nSPS) is 21.5. The minimum atomic E-state index is -4.96. The van der Waals surface area contributed by atoms with E-state index in [0.717, 1.165) is 18.2 Å². The molecule has 1 fully saturated rings. The molecule has 0 spiro atoms. The van der Waals surface area contributed by atoms with Crippen molar-refractivity contribution < 1.29 is 31.6 Å². The molecule has 2 aromatic rings. The maximum atomic E-state index is 15.1. The molecule has 2 heterocycles. The number of hydroxylamine groups is 1. The van der Waals surface area contributed by atoms with E-state index in [0.29, 0.717) is 0 Å². The van der Waals surface area contributed by atoms with Gasteiger partial charge in [-0.2, -0.15) is 13.2 Å². The molecule has 1 amide bonds. The van der Waals surface area contributed by atoms with Gasteiger partial charge in [0.25, 0.3) is 0 Å². The van der Waals surface area contributed by atoms with Crippen LogP contribution in [0.15, 0.2) is 55.1 Å². The molecule has 2 aliphatic heterocycles. The SMILES string of the molecule is C=CCC(=O)N1CC(F)(c2ccc(C3=CC(c4cc(Cl)c(F)c(Cl)c4)(C(F)(F)F)ON3)cc2)C1. The van der Waals surface area contributed by atoms with Crippen LogP contribution in [0.4, 0.5) is 22.0 Å². The molecular weight excluding hydrogens is 502 g/mol. The van der Waals surface area contributed by atoms with Crippen molar-refractivity contribution in [2.75, 3.05) is 13.1 Å². The summed E-state index contributed by atoms with van der Waals surface area (Å²) in [4.78, 5) is 18.2. The Labute approximate surface area is 201 Å². The van der Waals surface area contributed by atoms with E-state index >= 15 is 4.39 Å². The first-order valence-electron chi connectivity index (χ1n) is 9.97. The summed E-state index contributed by atoms with van der Waals surface area (Å²) in [7, 11) is 0. The second-order valence-electron chi connectivity index (χ2n) is 8.03. The van der Waals surface area contributed by atoms with Gasteiger partial charge in [-0.3, -0.25) is 15.1 Å². The third-order valence-corrected chi connectivity index (χ3v) is 6.32. The van der Waals surface area contributed by atoms with Crippen molar-refractivity contribution in [1.82, 2.24) is 10.4 Å². The fourth-order valence-electron chi connectivity index (χ4n) is 3.87. The number of carbonyl (C=O) groups excluding carboxylic acids is 1. The topological polar surface area (TPSA) is 41.6 Å². The Morgan fingerprint density at radius 3 is 2.26 bits per heavy atom. The van der Waals surface area contributed by atoms with Gasteiger partial charge in [-0.05, 0) is 29.3 Å². The number of halogens is 7. The third-order valence-electron chi connectivity index (χ3n) is 5.77. The third kappa shape index (κ3) is 4.06. The summed E-state index contributed by atoms with van der Waals surface area (Å²) >= 11 is 11.4. The van der Waals surface area contributed by atoms with Crippen LogP contribution in [-0.2, 0) is 20.9 Å². The highest BCUT2D eigenvalue weighted by atomic mass is 35.5. The van der Waals surface area contributed by atoms with Crippen LogP contribution < -0.4 is 5.48 Å². The van der Waals surface area contributed by atoms with Crippen LogP contribution in [0, 0.1) is 5.82 Å². The Bertz CT molecular complexity index is 1150. The Kier molecular flexibility index (Phi) is 6.16. The summed E-state index contributed by atoms with van der Waals surface area (Å²) in [6, 6.07) is 7.33. The first-order chi connectivity index (χ1) is 15.9. The quantitative estimate of drug-likeness (QED) is 0.297. The Hall–Kier alpha value is -2.62. The number of benzene rings is 2. The van der Waals surface area contributed by atoms with Crippen molar-refractivity contribution in [3.8, 4) is 0 Å². The van der Waals surface area contributed by atoms with Gasteiger partial charge in [0.15, 0.2) is 11.5 Å². The summed E-state index contributed by atoms with van der Waals surface area (Å²) in [5, 5.41) is -1.18. The monoisotopic (exact) mass is 518 g/mol. The van der Waals surface area contributed by atoms with Gasteiger partial charge in [0.05, 0.1) is 28.8 Å². The highest BCUT2D eigenvalue weighted by Gasteiger charge is 2.60. The summed E-state index contributed by atoms with van der Waals surface area (Å²) in [6.45, 7) is 3.24. The van der Waals surface area contributed by atoms with Crippen molar-refractivity contribution in [2.45, 2.75) is 23.9 Å². The van der Waals surface area contributed by atoms with Gasteiger partial charge in [-0.15, -0.1) is 6.58 Å². The van der Waals surface area contributed by atoms with E-state index in [1.807, 2.05) is 0 Å². The van der Waals surface area contributed by atoms with Gasteiger partial charge in [-0.25, -0.2) is 8.78 Å². The number of hydrogen-bond donors (Lipinski definition) is 1. The predicted octanol–water partition coefficient (Wildman–Crippen LogP) is 6.05. The number of nitrogens with zero attached hydrogens (tertiary/aromatic N) is 1. The van der Waals surface area contributed by atoms with E-state index in [4.69, 9.17) is 28.0 Å². The maximum Gasteiger partial charge on any atom is 0.428 e. The maximum absolute atomic E-state index is 15.1. The molecule has 4 rings (SSSR count). The molecule has 0 saturated carbocycles. The number of likely N-dealkylation sites (tertiary alicyclic amines) is 1. The van der Waals surface area contributed by atoms with Crippen LogP contribution in [0.2, 0.25) is 10.0 Å². The highest BCUT2D eigenvalue weighted by molar-refractivity contribution is 6.35. The smallest absolute Gasteiger partial charge is 0.335 e. The molecule has 180 valence electrons. The summed E-state index contributed by atoms with van der Waals surface area (Å²) in [5.74, 6) is -1.28. The Morgan fingerprint density at radius 1 is 1.15 bits per heavy atom. The van der Waals surface area contributed by atoms with Gasteiger partial charge >= 0.3 is 6.18 Å². The van der Waals surface area contributed by atoms with Gasteiger partial charge in [0.1, 0.15) is 0 Å². The average Bonchev–Trinajstić information content (AvgIpc) is 3.22. The Balaban J connectivity index is 1.61. The fourth-order valence-corrected chi connectivity index (χ4v) is 4.36. The molecule has 1 unspecified atom stereocenters. The van der Waals surface area contributed by atoms with Crippen LogP contribution in [0.25, 0.3) is 5.70 Å². The summed E-state index contributed by atoms with van der Waals surface area (Å²) < 4.78 is 71.2. The van der Waals surface area contributed by atoms with E-state index in [-0.39, 0.29) is 42.2 Å². The molecule has 0 aliphatic carbocycles. The van der Waals surface area contributed by atoms with Crippen molar-refractivity contribution in [3.63, 3.8) is 0 Å². The standard InChI is InChI=1S/C23H17Cl2F5N2O2/c1-2-3-19(33)32-11-21(27,12-32)14-6-4-13(5-7-14)18-10-22(34-31-18,23(28,29)30)15-8-16(24)20(26)17(25)9-15/h2,4-10,31H,1,3,11-12H2. The molecule has 1 saturated heterocycles. The van der Waals surface area contributed by atoms with Crippen LogP contribution in [-0.4, -0.2) is 30.1 Å². The zero-order chi connectivity index (χ0) is 24.9. The first kappa shape index (κ1) is 24.5. The molecule has 1 atom stereocenters. The number of hydrogen-bond acceptors (Lipinski definition) is 3. The fraction of sp³-hybridized carbons (Fsp3) is 0.261. The van der Waals surface area contributed by atoms with Gasteiger partial charge < -0.3 is 4.90 Å². The molecule has 1 N–H and O–H groups in total. The lowest BCUT2D eigenvalue weighted by Gasteiger charge is -2.44. The highest BCUT2D eigenvalue weighted by Crippen LogP contribution is 2.48. The molecule has 0 bridgehead atoms. The lowest BCUT2D eigenvalue weighted by Crippen LogP contribution is -2.58. The number of alkyl halides is 4. The minimum Gasteiger partial charge on any atom is -0.335 e. The van der Waals surface area contributed by atoms with Crippen molar-refractivity contribution >= 4 is 34.8 Å². The number of rotatable bonds is 5. The van der Waals surface area contributed by atoms with Crippen LogP contribution in [0.1, 0.15) is 23.1 Å². The van der Waals surface area contributed by atoms with Gasteiger partial charge in [-0.1, -0.05) is 53.5 Å². The van der Waals surface area contributed by atoms with Crippen molar-refractivity contribution in [2.24, 2.45) is 0 Å². The molecule has 0 aromatic heterocycles. The molecule has 0 radical (unpaired) electrons. The second-order valence-corrected chi connectivity index (χ2v) is 8.85. The lowest BCUT2D eigenvalue weighted by atomic mass is 9.86. The van der Waals surface area contributed by atoms with E-state index in [1.165, 1.54) is 35.2 Å². The van der Waals surface area contributed by atoms with Crippen molar-refractivity contribution in [1.29, 1.82) is 0 Å². The van der Waals surface area contributed by atoms with Crippen LogP contribution >= 0.6 is 23.2 Å². The molecular formula is C23H17Cl2F5N2O2. The number of amides is 1. The van der Waals surface area contributed by atoms with E-state index in [2.05, 4.69) is 12.1 Å². The summed E-state index contributed by atoms with van der Waals surface area (Å²) in [5.41, 5.74) is -2.46. The summed E-state index contributed by atoms with van der Waals surface area (Å²) in [6.07, 6.45) is -2.62. The lowest BCUT2D eigenvalue weighted by molar-refractivity contribution is -0.269. The van der Waals surface area contributed by atoms with E-state index in [1.54, 1.807) is 0 Å². The first-order valence-corrected chi connectivity index (χ1v) is 10.7. The van der Waals surface area contributed by atoms with Crippen molar-refractivity contribution in [3.05, 3.63) is 87.7 Å². The molecule has 11 heteroatoms. The number of nitrogens with one attached hydrogen (secondary N) is 1. The van der Waals surface area contributed by atoms with Crippen LogP contribution in [0.5, 0.6) is 0 Å². The zero-order valence-electron chi connectivity index (χ0n) is 17.4. The van der Waals surface area contributed by atoms with Gasteiger partial charge in [0, 0.05) is 12.0 Å². The Morgan fingerprint density at radius 2 is 1.74 bits per heavy atom. The number of carbonyl (C=O) groups is 1.